The largest absolute Gasteiger partial charge is 0.493 e. The first kappa shape index (κ1) is 18.0. The van der Waals surface area contributed by atoms with Crippen molar-refractivity contribution in [1.82, 2.24) is 10.6 Å². The lowest BCUT2D eigenvalue weighted by Crippen LogP contribution is -2.40. The van der Waals surface area contributed by atoms with Crippen LogP contribution >= 0.6 is 0 Å². The number of ether oxygens (including phenoxy) is 3. The summed E-state index contributed by atoms with van der Waals surface area (Å²) >= 11 is 0. The van der Waals surface area contributed by atoms with E-state index in [1.54, 1.807) is 7.05 Å². The van der Waals surface area contributed by atoms with E-state index in [0.29, 0.717) is 5.92 Å². The van der Waals surface area contributed by atoms with Crippen LogP contribution in [0.5, 0.6) is 5.75 Å². The Labute approximate surface area is 149 Å². The summed E-state index contributed by atoms with van der Waals surface area (Å²) in [5, 5.41) is 6.79. The van der Waals surface area contributed by atoms with Crippen LogP contribution in [0.4, 0.5) is 0 Å². The van der Waals surface area contributed by atoms with Crippen molar-refractivity contribution >= 4 is 5.96 Å². The number of aliphatic imine (C=N–C) groups is 1. The second kappa shape index (κ2) is 9.63. The van der Waals surface area contributed by atoms with Crippen molar-refractivity contribution < 1.29 is 14.2 Å². The van der Waals surface area contributed by atoms with Crippen molar-refractivity contribution in [3.05, 3.63) is 29.8 Å². The zero-order valence-corrected chi connectivity index (χ0v) is 15.0. The molecular weight excluding hydrogens is 318 g/mol. The van der Waals surface area contributed by atoms with Gasteiger partial charge < -0.3 is 24.8 Å². The van der Waals surface area contributed by atoms with Crippen LogP contribution in [0.2, 0.25) is 0 Å². The number of benzene rings is 1. The van der Waals surface area contributed by atoms with Crippen molar-refractivity contribution in [2.24, 2.45) is 4.99 Å². The van der Waals surface area contributed by atoms with Crippen LogP contribution in [0, 0.1) is 0 Å². The summed E-state index contributed by atoms with van der Waals surface area (Å²) in [6.07, 6.45) is 3.28. The second-order valence-corrected chi connectivity index (χ2v) is 6.46. The fraction of sp³-hybridized carbons (Fsp3) is 0.632. The third-order valence-corrected chi connectivity index (χ3v) is 4.68. The summed E-state index contributed by atoms with van der Waals surface area (Å²) in [7, 11) is 1.81. The van der Waals surface area contributed by atoms with E-state index in [9.17, 15) is 0 Å². The Bertz CT molecular complexity index is 559. The van der Waals surface area contributed by atoms with Gasteiger partial charge in [0.15, 0.2) is 5.96 Å². The van der Waals surface area contributed by atoms with E-state index in [-0.39, 0.29) is 6.10 Å². The summed E-state index contributed by atoms with van der Waals surface area (Å²) in [5.41, 5.74) is 1.28. The molecule has 2 aliphatic heterocycles. The Morgan fingerprint density at radius 2 is 2.16 bits per heavy atom. The van der Waals surface area contributed by atoms with Crippen LogP contribution in [0.1, 0.15) is 30.7 Å². The van der Waals surface area contributed by atoms with Crippen LogP contribution in [-0.2, 0) is 9.47 Å². The lowest BCUT2D eigenvalue weighted by atomic mass is 9.93. The van der Waals surface area contributed by atoms with E-state index in [0.717, 1.165) is 70.5 Å². The number of guanidine groups is 1. The number of nitrogens with zero attached hydrogens (tertiary/aromatic N) is 1. The topological polar surface area (TPSA) is 64.1 Å². The van der Waals surface area contributed by atoms with Crippen molar-refractivity contribution in [2.75, 3.05) is 46.6 Å². The molecule has 0 amide bonds. The van der Waals surface area contributed by atoms with Crippen LogP contribution in [-0.4, -0.2) is 58.6 Å². The van der Waals surface area contributed by atoms with E-state index in [4.69, 9.17) is 14.2 Å². The summed E-state index contributed by atoms with van der Waals surface area (Å²) in [6, 6.07) is 8.29. The molecule has 0 aromatic heterocycles. The first-order valence-electron chi connectivity index (χ1n) is 9.22. The van der Waals surface area contributed by atoms with Gasteiger partial charge in [0, 0.05) is 39.3 Å². The Hall–Kier alpha value is -1.79. The number of hydrogen-bond acceptors (Lipinski definition) is 4. The summed E-state index contributed by atoms with van der Waals surface area (Å²) in [4.78, 5) is 4.31. The van der Waals surface area contributed by atoms with Gasteiger partial charge in [0.05, 0.1) is 19.3 Å². The molecule has 0 saturated carbocycles. The van der Waals surface area contributed by atoms with Gasteiger partial charge in [0.1, 0.15) is 5.75 Å². The minimum absolute atomic E-state index is 0.283. The molecule has 3 rings (SSSR count). The molecule has 0 radical (unpaired) electrons. The summed E-state index contributed by atoms with van der Waals surface area (Å²) in [6.45, 7) is 4.80. The van der Waals surface area contributed by atoms with E-state index < -0.39 is 0 Å². The Kier molecular flexibility index (Phi) is 6.94. The molecule has 2 atom stereocenters. The van der Waals surface area contributed by atoms with Gasteiger partial charge in [-0.1, -0.05) is 18.2 Å². The molecular formula is C19H29N3O3. The van der Waals surface area contributed by atoms with Gasteiger partial charge in [-0.2, -0.15) is 0 Å². The average molecular weight is 347 g/mol. The number of hydrogen-bond donors (Lipinski definition) is 2. The number of nitrogens with one attached hydrogen (secondary N) is 2. The van der Waals surface area contributed by atoms with Gasteiger partial charge in [-0.3, -0.25) is 4.99 Å². The molecule has 138 valence electrons. The maximum absolute atomic E-state index is 5.77. The summed E-state index contributed by atoms with van der Waals surface area (Å²) in [5.74, 6) is 2.30. The molecule has 1 saturated heterocycles. The molecule has 0 spiro atoms. The Balaban J connectivity index is 1.35. The lowest BCUT2D eigenvalue weighted by Gasteiger charge is -2.26. The van der Waals surface area contributed by atoms with E-state index in [1.165, 1.54) is 5.56 Å². The van der Waals surface area contributed by atoms with Crippen molar-refractivity contribution in [2.45, 2.75) is 31.3 Å². The van der Waals surface area contributed by atoms with Gasteiger partial charge >= 0.3 is 0 Å². The van der Waals surface area contributed by atoms with Gasteiger partial charge in [0.25, 0.3) is 0 Å². The van der Waals surface area contributed by atoms with Crippen LogP contribution in [0.25, 0.3) is 0 Å². The zero-order valence-electron chi connectivity index (χ0n) is 15.0. The molecule has 2 aliphatic rings. The summed E-state index contributed by atoms with van der Waals surface area (Å²) < 4.78 is 16.8. The molecule has 1 aromatic carbocycles. The van der Waals surface area contributed by atoms with Crippen molar-refractivity contribution in [1.29, 1.82) is 0 Å². The number of fused-ring (bicyclic) bond motifs is 1. The third-order valence-electron chi connectivity index (χ3n) is 4.68. The molecule has 6 nitrogen and oxygen atoms in total. The molecule has 2 unspecified atom stereocenters. The van der Waals surface area contributed by atoms with E-state index >= 15 is 0 Å². The quantitative estimate of drug-likeness (QED) is 0.448. The molecule has 2 N–H and O–H groups in total. The minimum atomic E-state index is 0.283. The fourth-order valence-electron chi connectivity index (χ4n) is 3.24. The highest BCUT2D eigenvalue weighted by atomic mass is 16.5. The smallest absolute Gasteiger partial charge is 0.190 e. The minimum Gasteiger partial charge on any atom is -0.493 e. The number of para-hydroxylation sites is 1. The first-order valence-corrected chi connectivity index (χ1v) is 9.22. The number of rotatable bonds is 7. The fourth-order valence-corrected chi connectivity index (χ4v) is 3.24. The van der Waals surface area contributed by atoms with E-state index in [2.05, 4.69) is 27.8 Å². The maximum Gasteiger partial charge on any atom is 0.190 e. The highest BCUT2D eigenvalue weighted by molar-refractivity contribution is 5.79. The zero-order chi connectivity index (χ0) is 17.3. The van der Waals surface area contributed by atoms with Gasteiger partial charge in [-0.25, -0.2) is 0 Å². The molecule has 0 aliphatic carbocycles. The molecule has 1 aromatic rings. The van der Waals surface area contributed by atoms with Crippen LogP contribution < -0.4 is 15.4 Å². The maximum atomic E-state index is 5.77. The van der Waals surface area contributed by atoms with Crippen LogP contribution in [0.3, 0.4) is 0 Å². The van der Waals surface area contributed by atoms with E-state index in [1.807, 2.05) is 12.1 Å². The monoisotopic (exact) mass is 347 g/mol. The lowest BCUT2D eigenvalue weighted by molar-refractivity contribution is 0.0420. The molecule has 2 heterocycles. The second-order valence-electron chi connectivity index (χ2n) is 6.46. The van der Waals surface area contributed by atoms with Crippen molar-refractivity contribution in [3.8, 4) is 5.75 Å². The molecule has 0 bridgehead atoms. The predicted molar refractivity (Wildman–Crippen MR) is 98.5 cm³/mol. The highest BCUT2D eigenvalue weighted by Gasteiger charge is 2.21. The molecule has 1 fully saturated rings. The van der Waals surface area contributed by atoms with Gasteiger partial charge in [-0.15, -0.1) is 0 Å². The standard InChI is InChI=1S/C19H29N3O3/c1-20-19(21-9-4-10-24-16-8-11-23-14-16)22-13-15-7-12-25-18-6-3-2-5-17(15)18/h2-3,5-6,15-16H,4,7-14H2,1H3,(H2,20,21,22). The SMILES string of the molecule is CN=C(NCCCOC1CCOC1)NCC1CCOc2ccccc21. The van der Waals surface area contributed by atoms with Crippen LogP contribution in [0.15, 0.2) is 29.3 Å². The molecule has 6 heteroatoms. The van der Waals surface area contributed by atoms with Crippen molar-refractivity contribution in [3.63, 3.8) is 0 Å². The first-order chi connectivity index (χ1) is 12.4. The molecule has 25 heavy (non-hydrogen) atoms. The third kappa shape index (κ3) is 5.34. The average Bonchev–Trinajstić information content (AvgIpc) is 3.17. The Morgan fingerprint density at radius 1 is 1.24 bits per heavy atom. The van der Waals surface area contributed by atoms with Gasteiger partial charge in [-0.05, 0) is 30.9 Å². The van der Waals surface area contributed by atoms with Gasteiger partial charge in [0.2, 0.25) is 0 Å². The Morgan fingerprint density at radius 3 is 3.00 bits per heavy atom. The highest BCUT2D eigenvalue weighted by Crippen LogP contribution is 2.32. The predicted octanol–water partition coefficient (Wildman–Crippen LogP) is 1.91. The normalized spacial score (nSPS) is 23.0.